The molecule has 0 saturated carbocycles. The van der Waals surface area contributed by atoms with E-state index in [1.165, 1.54) is 10.5 Å². The Morgan fingerprint density at radius 3 is 2.66 bits per heavy atom. The van der Waals surface area contributed by atoms with Crippen LogP contribution in [0.5, 0.6) is 0 Å². The Morgan fingerprint density at radius 2 is 1.90 bits per heavy atom. The van der Waals surface area contributed by atoms with Crippen molar-refractivity contribution in [1.29, 1.82) is 0 Å². The Morgan fingerprint density at radius 1 is 1.10 bits per heavy atom. The highest BCUT2D eigenvalue weighted by atomic mass is 16.2. The maximum Gasteiger partial charge on any atom is 0.328 e. The molecule has 0 spiro atoms. The molecule has 2 aliphatic rings. The molecule has 5 rings (SSSR count). The Labute approximate surface area is 170 Å². The van der Waals surface area contributed by atoms with Crippen molar-refractivity contribution >= 4 is 22.8 Å². The SMILES string of the molecule is CCCCN1C(=O)C2Cc3c([nH]c4ccc(C)cc34)C(c3ccccc3)N2C1=O. The fourth-order valence-electron chi connectivity index (χ4n) is 4.79. The number of hydrogen-bond donors (Lipinski definition) is 1. The molecule has 2 aromatic carbocycles. The van der Waals surface area contributed by atoms with Crippen LogP contribution in [0, 0.1) is 6.92 Å². The van der Waals surface area contributed by atoms with Crippen LogP contribution in [0.3, 0.4) is 0 Å². The summed E-state index contributed by atoms with van der Waals surface area (Å²) < 4.78 is 0. The van der Waals surface area contributed by atoms with E-state index in [-0.39, 0.29) is 18.0 Å². The van der Waals surface area contributed by atoms with E-state index in [0.717, 1.165) is 40.6 Å². The summed E-state index contributed by atoms with van der Waals surface area (Å²) >= 11 is 0. The molecule has 3 heterocycles. The van der Waals surface area contributed by atoms with E-state index in [2.05, 4.69) is 37.0 Å². The van der Waals surface area contributed by atoms with Gasteiger partial charge in [-0.25, -0.2) is 4.79 Å². The molecule has 1 fully saturated rings. The van der Waals surface area contributed by atoms with Crippen molar-refractivity contribution in [3.8, 4) is 0 Å². The van der Waals surface area contributed by atoms with Crippen LogP contribution in [0.4, 0.5) is 4.79 Å². The lowest BCUT2D eigenvalue weighted by molar-refractivity contribution is -0.128. The number of fused-ring (bicyclic) bond motifs is 4. The van der Waals surface area contributed by atoms with Crippen molar-refractivity contribution in [3.63, 3.8) is 0 Å². The molecule has 148 valence electrons. The second kappa shape index (κ2) is 6.76. The van der Waals surface area contributed by atoms with Gasteiger partial charge in [-0.1, -0.05) is 55.3 Å². The number of unbranched alkanes of at least 4 members (excludes halogenated alkanes) is 1. The van der Waals surface area contributed by atoms with Crippen molar-refractivity contribution in [2.24, 2.45) is 0 Å². The van der Waals surface area contributed by atoms with Gasteiger partial charge in [-0.3, -0.25) is 14.6 Å². The highest BCUT2D eigenvalue weighted by Crippen LogP contribution is 2.44. The van der Waals surface area contributed by atoms with E-state index >= 15 is 0 Å². The number of urea groups is 1. The van der Waals surface area contributed by atoms with Crippen molar-refractivity contribution in [1.82, 2.24) is 14.8 Å². The number of amides is 3. The van der Waals surface area contributed by atoms with E-state index < -0.39 is 6.04 Å². The summed E-state index contributed by atoms with van der Waals surface area (Å²) in [7, 11) is 0. The quantitative estimate of drug-likeness (QED) is 0.668. The molecule has 0 bridgehead atoms. The molecule has 0 aliphatic carbocycles. The average molecular weight is 387 g/mol. The van der Waals surface area contributed by atoms with Gasteiger partial charge in [0.2, 0.25) is 0 Å². The van der Waals surface area contributed by atoms with Gasteiger partial charge in [-0.05, 0) is 36.6 Å². The number of aromatic nitrogens is 1. The van der Waals surface area contributed by atoms with Crippen LogP contribution >= 0.6 is 0 Å². The topological polar surface area (TPSA) is 56.4 Å². The maximum atomic E-state index is 13.3. The zero-order chi connectivity index (χ0) is 20.1. The predicted molar refractivity (Wildman–Crippen MR) is 113 cm³/mol. The third-order valence-electron chi connectivity index (χ3n) is 6.23. The number of H-pyrrole nitrogens is 1. The largest absolute Gasteiger partial charge is 0.356 e. The monoisotopic (exact) mass is 387 g/mol. The van der Waals surface area contributed by atoms with Crippen LogP contribution in [-0.2, 0) is 11.2 Å². The van der Waals surface area contributed by atoms with Crippen LogP contribution in [0.2, 0.25) is 0 Å². The van der Waals surface area contributed by atoms with E-state index in [9.17, 15) is 9.59 Å². The number of aryl methyl sites for hydroxylation is 1. The zero-order valence-corrected chi connectivity index (χ0v) is 16.8. The predicted octanol–water partition coefficient (Wildman–Crippen LogP) is 4.55. The zero-order valence-electron chi connectivity index (χ0n) is 16.8. The van der Waals surface area contributed by atoms with Crippen molar-refractivity contribution < 1.29 is 9.59 Å². The fraction of sp³-hybridized carbons (Fsp3) is 0.333. The second-order valence-corrected chi connectivity index (χ2v) is 8.13. The third kappa shape index (κ3) is 2.68. The van der Waals surface area contributed by atoms with Gasteiger partial charge in [0.1, 0.15) is 12.1 Å². The molecule has 1 aromatic heterocycles. The van der Waals surface area contributed by atoms with E-state index in [4.69, 9.17) is 0 Å². The molecule has 3 amide bonds. The van der Waals surface area contributed by atoms with Gasteiger partial charge in [0.05, 0.1) is 0 Å². The number of imide groups is 1. The van der Waals surface area contributed by atoms with Crippen LogP contribution in [0.25, 0.3) is 10.9 Å². The van der Waals surface area contributed by atoms with E-state index in [1.54, 1.807) is 4.90 Å². The van der Waals surface area contributed by atoms with Gasteiger partial charge >= 0.3 is 6.03 Å². The van der Waals surface area contributed by atoms with Crippen LogP contribution in [0.15, 0.2) is 48.5 Å². The van der Waals surface area contributed by atoms with Crippen molar-refractivity contribution in [2.45, 2.75) is 45.2 Å². The minimum absolute atomic E-state index is 0.0583. The first-order valence-corrected chi connectivity index (χ1v) is 10.4. The van der Waals surface area contributed by atoms with Crippen molar-refractivity contribution in [2.75, 3.05) is 6.54 Å². The first-order valence-electron chi connectivity index (χ1n) is 10.4. The van der Waals surface area contributed by atoms with Gasteiger partial charge in [0.25, 0.3) is 5.91 Å². The highest BCUT2D eigenvalue weighted by Gasteiger charge is 2.52. The van der Waals surface area contributed by atoms with Gasteiger partial charge in [0, 0.05) is 29.6 Å². The highest BCUT2D eigenvalue weighted by molar-refractivity contribution is 6.05. The van der Waals surface area contributed by atoms with E-state index in [0.29, 0.717) is 13.0 Å². The lowest BCUT2D eigenvalue weighted by Gasteiger charge is -2.36. The number of nitrogens with one attached hydrogen (secondary N) is 1. The standard InChI is InChI=1S/C24H25N3O2/c1-3-4-12-26-23(28)20-14-18-17-13-15(2)10-11-19(17)25-21(18)22(27(20)24(26)29)16-8-6-5-7-9-16/h5-11,13,20,22,25H,3-4,12,14H2,1-2H3. The van der Waals surface area contributed by atoms with Gasteiger partial charge < -0.3 is 4.98 Å². The number of nitrogens with zero attached hydrogens (tertiary/aromatic N) is 2. The number of benzene rings is 2. The molecular formula is C24H25N3O2. The smallest absolute Gasteiger partial charge is 0.328 e. The number of rotatable bonds is 4. The maximum absolute atomic E-state index is 13.3. The first-order chi connectivity index (χ1) is 14.1. The molecule has 2 unspecified atom stereocenters. The number of carbonyl (C=O) groups excluding carboxylic acids is 2. The van der Waals surface area contributed by atoms with Crippen molar-refractivity contribution in [3.05, 3.63) is 70.9 Å². The molecule has 5 nitrogen and oxygen atoms in total. The molecule has 1 N–H and O–H groups in total. The van der Waals surface area contributed by atoms with Crippen LogP contribution < -0.4 is 0 Å². The Balaban J connectivity index is 1.69. The average Bonchev–Trinajstić information content (AvgIpc) is 3.21. The van der Waals surface area contributed by atoms with Gasteiger partial charge in [0.15, 0.2) is 0 Å². The molecule has 29 heavy (non-hydrogen) atoms. The minimum atomic E-state index is -0.434. The number of aromatic amines is 1. The first kappa shape index (κ1) is 18.0. The molecule has 3 aromatic rings. The Kier molecular flexibility index (Phi) is 4.19. The summed E-state index contributed by atoms with van der Waals surface area (Å²) in [6.07, 6.45) is 2.35. The fourth-order valence-corrected chi connectivity index (χ4v) is 4.79. The van der Waals surface area contributed by atoms with Crippen LogP contribution in [-0.4, -0.2) is 39.3 Å². The minimum Gasteiger partial charge on any atom is -0.356 e. The third-order valence-corrected chi connectivity index (χ3v) is 6.23. The summed E-state index contributed by atoms with van der Waals surface area (Å²) in [6, 6.07) is 15.5. The van der Waals surface area contributed by atoms with Gasteiger partial charge in [-0.2, -0.15) is 0 Å². The summed E-state index contributed by atoms with van der Waals surface area (Å²) in [4.78, 5) is 33.4. The summed E-state index contributed by atoms with van der Waals surface area (Å²) in [5.74, 6) is -0.0583. The Bertz CT molecular complexity index is 1100. The Hall–Kier alpha value is -3.08. The molecule has 1 saturated heterocycles. The second-order valence-electron chi connectivity index (χ2n) is 8.13. The summed E-state index contributed by atoms with van der Waals surface area (Å²) in [5.41, 5.74) is 5.48. The van der Waals surface area contributed by atoms with Crippen LogP contribution in [0.1, 0.15) is 48.2 Å². The van der Waals surface area contributed by atoms with Gasteiger partial charge in [-0.15, -0.1) is 0 Å². The molecule has 0 radical (unpaired) electrons. The summed E-state index contributed by atoms with van der Waals surface area (Å²) in [6.45, 7) is 4.65. The summed E-state index contributed by atoms with van der Waals surface area (Å²) in [5, 5.41) is 1.16. The van der Waals surface area contributed by atoms with E-state index in [1.807, 2.05) is 30.3 Å². The molecule has 2 atom stereocenters. The lowest BCUT2D eigenvalue weighted by atomic mass is 9.88. The number of carbonyl (C=O) groups is 2. The lowest BCUT2D eigenvalue weighted by Crippen LogP contribution is -2.44. The molecule has 2 aliphatic heterocycles. The molecule has 5 heteroatoms. The number of hydrogen-bond acceptors (Lipinski definition) is 2. The molecular weight excluding hydrogens is 362 g/mol. The normalized spacial score (nSPS) is 21.0.